The lowest BCUT2D eigenvalue weighted by molar-refractivity contribution is 0.207. The van der Waals surface area contributed by atoms with E-state index in [9.17, 15) is 4.39 Å². The van der Waals surface area contributed by atoms with Crippen molar-refractivity contribution in [3.63, 3.8) is 0 Å². The number of halogens is 2. The van der Waals surface area contributed by atoms with Crippen LogP contribution in [0.25, 0.3) is 0 Å². The summed E-state index contributed by atoms with van der Waals surface area (Å²) in [6, 6.07) is 4.70. The average Bonchev–Trinajstić information content (AvgIpc) is 3.02. The molecule has 1 aromatic carbocycles. The van der Waals surface area contributed by atoms with E-state index in [1.54, 1.807) is 6.07 Å². The van der Waals surface area contributed by atoms with Gasteiger partial charge in [-0.1, -0.05) is 22.0 Å². The molecule has 1 aromatic rings. The summed E-state index contributed by atoms with van der Waals surface area (Å²) in [5.74, 6) is -0.232. The van der Waals surface area contributed by atoms with Gasteiger partial charge in [0.15, 0.2) is 0 Å². The molecule has 0 saturated heterocycles. The molecule has 0 heterocycles. The van der Waals surface area contributed by atoms with Gasteiger partial charge in [-0.05, 0) is 30.5 Å². The van der Waals surface area contributed by atoms with Gasteiger partial charge in [0.2, 0.25) is 0 Å². The van der Waals surface area contributed by atoms with E-state index >= 15 is 0 Å². The number of benzene rings is 1. The van der Waals surface area contributed by atoms with E-state index in [0.29, 0.717) is 6.54 Å². The summed E-state index contributed by atoms with van der Waals surface area (Å²) in [6.07, 6.45) is 2.20. The molecule has 0 aromatic heterocycles. The maximum atomic E-state index is 12.8. The summed E-state index contributed by atoms with van der Waals surface area (Å²) in [4.78, 5) is 0. The van der Waals surface area contributed by atoms with Gasteiger partial charge in [0.1, 0.15) is 5.82 Å². The second kappa shape index (κ2) is 4.82. The highest BCUT2D eigenvalue weighted by molar-refractivity contribution is 9.10. The first kappa shape index (κ1) is 12.0. The van der Waals surface area contributed by atoms with Gasteiger partial charge in [-0.2, -0.15) is 0 Å². The average molecular weight is 288 g/mol. The molecule has 0 radical (unpaired) electrons. The fourth-order valence-electron chi connectivity index (χ4n) is 1.69. The lowest BCUT2D eigenvalue weighted by Gasteiger charge is -2.13. The van der Waals surface area contributed by atoms with E-state index in [2.05, 4.69) is 21.2 Å². The molecule has 2 nitrogen and oxygen atoms in total. The maximum Gasteiger partial charge on any atom is 0.124 e. The number of nitrogens with one attached hydrogen (secondary N) is 1. The standard InChI is InChI=1S/C12H15BrFNO/c13-11-5-10(14)2-1-9(11)6-15-7-12(8-16)3-4-12/h1-2,5,15-16H,3-4,6-8H2. The zero-order valence-electron chi connectivity index (χ0n) is 8.97. The largest absolute Gasteiger partial charge is 0.396 e. The van der Waals surface area contributed by atoms with Crippen LogP contribution in [0.3, 0.4) is 0 Å². The van der Waals surface area contributed by atoms with Gasteiger partial charge in [0.25, 0.3) is 0 Å². The molecule has 0 bridgehead atoms. The Bertz CT molecular complexity index is 379. The molecule has 4 heteroatoms. The lowest BCUT2D eigenvalue weighted by atomic mass is 10.1. The fourth-order valence-corrected chi connectivity index (χ4v) is 2.19. The SMILES string of the molecule is OCC1(CNCc2ccc(F)cc2Br)CC1. The molecule has 1 aliphatic carbocycles. The van der Waals surface area contributed by atoms with Crippen LogP contribution in [-0.4, -0.2) is 18.3 Å². The molecule has 0 atom stereocenters. The maximum absolute atomic E-state index is 12.8. The molecule has 0 unspecified atom stereocenters. The van der Waals surface area contributed by atoms with Crippen LogP contribution in [0.5, 0.6) is 0 Å². The number of aliphatic hydroxyl groups excluding tert-OH is 1. The molecule has 1 saturated carbocycles. The van der Waals surface area contributed by atoms with Gasteiger partial charge < -0.3 is 10.4 Å². The Morgan fingerprint density at radius 2 is 2.19 bits per heavy atom. The quantitative estimate of drug-likeness (QED) is 0.872. The summed E-state index contributed by atoms with van der Waals surface area (Å²) in [6.45, 7) is 1.78. The minimum absolute atomic E-state index is 0.118. The van der Waals surface area contributed by atoms with Crippen molar-refractivity contribution in [3.05, 3.63) is 34.1 Å². The van der Waals surface area contributed by atoms with Crippen molar-refractivity contribution < 1.29 is 9.50 Å². The van der Waals surface area contributed by atoms with E-state index in [0.717, 1.165) is 29.4 Å². The Morgan fingerprint density at radius 1 is 1.44 bits per heavy atom. The van der Waals surface area contributed by atoms with E-state index in [1.165, 1.54) is 12.1 Å². The first-order valence-corrected chi connectivity index (χ1v) is 6.20. The second-order valence-corrected chi connectivity index (χ2v) is 5.35. The van der Waals surface area contributed by atoms with E-state index in [-0.39, 0.29) is 17.8 Å². The number of rotatable bonds is 5. The zero-order chi connectivity index (χ0) is 11.6. The van der Waals surface area contributed by atoms with Crippen LogP contribution in [0, 0.1) is 11.2 Å². The second-order valence-electron chi connectivity index (χ2n) is 4.50. The van der Waals surface area contributed by atoms with Crippen molar-refractivity contribution >= 4 is 15.9 Å². The molecule has 1 aliphatic rings. The molecule has 0 spiro atoms. The monoisotopic (exact) mass is 287 g/mol. The molecular formula is C12H15BrFNO. The van der Waals surface area contributed by atoms with Crippen molar-refractivity contribution in [2.75, 3.05) is 13.2 Å². The Balaban J connectivity index is 1.85. The predicted molar refractivity (Wildman–Crippen MR) is 64.6 cm³/mol. The third-order valence-electron chi connectivity index (χ3n) is 3.12. The van der Waals surface area contributed by atoms with Crippen LogP contribution in [0.2, 0.25) is 0 Å². The van der Waals surface area contributed by atoms with Crippen LogP contribution in [0.1, 0.15) is 18.4 Å². The normalized spacial score (nSPS) is 17.4. The van der Waals surface area contributed by atoms with Crippen LogP contribution in [0.15, 0.2) is 22.7 Å². The highest BCUT2D eigenvalue weighted by Gasteiger charge is 2.41. The fraction of sp³-hybridized carbons (Fsp3) is 0.500. The van der Waals surface area contributed by atoms with Gasteiger partial charge >= 0.3 is 0 Å². The number of hydrogen-bond donors (Lipinski definition) is 2. The highest BCUT2D eigenvalue weighted by atomic mass is 79.9. The topological polar surface area (TPSA) is 32.3 Å². The van der Waals surface area contributed by atoms with Gasteiger partial charge in [-0.3, -0.25) is 0 Å². The molecular weight excluding hydrogens is 273 g/mol. The lowest BCUT2D eigenvalue weighted by Crippen LogP contribution is -2.26. The Labute approximate surface area is 103 Å². The van der Waals surface area contributed by atoms with Crippen molar-refractivity contribution in [1.29, 1.82) is 0 Å². The van der Waals surface area contributed by atoms with Crippen molar-refractivity contribution in [3.8, 4) is 0 Å². The third-order valence-corrected chi connectivity index (χ3v) is 3.86. The van der Waals surface area contributed by atoms with Gasteiger partial charge in [0, 0.05) is 29.6 Å². The highest BCUT2D eigenvalue weighted by Crippen LogP contribution is 2.44. The summed E-state index contributed by atoms with van der Waals surface area (Å²) in [7, 11) is 0. The molecule has 0 aliphatic heterocycles. The molecule has 2 N–H and O–H groups in total. The first-order chi connectivity index (χ1) is 7.65. The van der Waals surface area contributed by atoms with Crippen LogP contribution < -0.4 is 5.32 Å². The molecule has 1 fully saturated rings. The Morgan fingerprint density at radius 3 is 2.75 bits per heavy atom. The van der Waals surface area contributed by atoms with Gasteiger partial charge in [-0.25, -0.2) is 4.39 Å². The summed E-state index contributed by atoms with van der Waals surface area (Å²) >= 11 is 3.33. The van der Waals surface area contributed by atoms with Crippen LogP contribution in [-0.2, 0) is 6.54 Å². The van der Waals surface area contributed by atoms with Crippen LogP contribution in [0.4, 0.5) is 4.39 Å². The van der Waals surface area contributed by atoms with Crippen LogP contribution >= 0.6 is 15.9 Å². The summed E-state index contributed by atoms with van der Waals surface area (Å²) < 4.78 is 13.6. The number of aliphatic hydroxyl groups is 1. The minimum Gasteiger partial charge on any atom is -0.396 e. The first-order valence-electron chi connectivity index (χ1n) is 5.41. The van der Waals surface area contributed by atoms with Crippen molar-refractivity contribution in [2.24, 2.45) is 5.41 Å². The minimum atomic E-state index is -0.232. The third kappa shape index (κ3) is 2.81. The summed E-state index contributed by atoms with van der Waals surface area (Å²) in [5.41, 5.74) is 1.15. The van der Waals surface area contributed by atoms with E-state index < -0.39 is 0 Å². The molecule has 88 valence electrons. The Kier molecular flexibility index (Phi) is 3.62. The van der Waals surface area contributed by atoms with Crippen molar-refractivity contribution in [1.82, 2.24) is 5.32 Å². The van der Waals surface area contributed by atoms with Gasteiger partial charge in [0.05, 0.1) is 0 Å². The number of hydrogen-bond acceptors (Lipinski definition) is 2. The summed E-state index contributed by atoms with van der Waals surface area (Å²) in [5, 5.41) is 12.4. The van der Waals surface area contributed by atoms with Gasteiger partial charge in [-0.15, -0.1) is 0 Å². The molecule has 16 heavy (non-hydrogen) atoms. The van der Waals surface area contributed by atoms with E-state index in [4.69, 9.17) is 5.11 Å². The predicted octanol–water partition coefficient (Wildman–Crippen LogP) is 2.45. The zero-order valence-corrected chi connectivity index (χ0v) is 10.6. The molecule has 0 amide bonds. The Hall–Kier alpha value is -0.450. The van der Waals surface area contributed by atoms with E-state index in [1.807, 2.05) is 0 Å². The van der Waals surface area contributed by atoms with Crippen molar-refractivity contribution in [2.45, 2.75) is 19.4 Å². The smallest absolute Gasteiger partial charge is 0.124 e. The molecule has 2 rings (SSSR count).